The van der Waals surface area contributed by atoms with Crippen molar-refractivity contribution in [3.63, 3.8) is 0 Å². The average Bonchev–Trinajstić information content (AvgIpc) is 2.85. The van der Waals surface area contributed by atoms with Crippen molar-refractivity contribution < 1.29 is 9.53 Å². The number of amides is 1. The molecular weight excluding hydrogens is 468 g/mol. The lowest BCUT2D eigenvalue weighted by Crippen LogP contribution is -2.41. The summed E-state index contributed by atoms with van der Waals surface area (Å²) >= 11 is 0. The van der Waals surface area contributed by atoms with Crippen molar-refractivity contribution in [2.45, 2.75) is 64.9 Å². The summed E-state index contributed by atoms with van der Waals surface area (Å²) < 4.78 is 5.25. The topological polar surface area (TPSA) is 104 Å². The fourth-order valence-electron chi connectivity index (χ4n) is 3.69. The second-order valence-electron chi connectivity index (χ2n) is 9.95. The number of carbonyl (C=O) groups excluding carboxylic acids is 1. The first kappa shape index (κ1) is 34.1. The highest BCUT2D eigenvalue weighted by Gasteiger charge is 2.16. The number of carbonyl (C=O) groups is 1. The Balaban J connectivity index is 4.70. The third-order valence-corrected chi connectivity index (χ3v) is 5.67. The number of nitrogens with one attached hydrogen (secondary N) is 1. The molecule has 0 rings (SSSR count). The van der Waals surface area contributed by atoms with Crippen LogP contribution in [0.2, 0.25) is 0 Å². The van der Waals surface area contributed by atoms with Crippen LogP contribution in [0.4, 0.5) is 4.79 Å². The molecule has 37 heavy (non-hydrogen) atoms. The Morgan fingerprint density at radius 1 is 0.757 bits per heavy atom. The molecule has 10 nitrogen and oxygen atoms in total. The summed E-state index contributed by atoms with van der Waals surface area (Å²) in [4.78, 5) is 25.4. The van der Waals surface area contributed by atoms with Gasteiger partial charge in [0.15, 0.2) is 0 Å². The van der Waals surface area contributed by atoms with Crippen LogP contribution in [0.5, 0.6) is 0 Å². The van der Waals surface area contributed by atoms with Gasteiger partial charge in [0.25, 0.3) is 0 Å². The minimum absolute atomic E-state index is 0.378. The van der Waals surface area contributed by atoms with Crippen LogP contribution in [0, 0.1) is 35.8 Å². The highest BCUT2D eigenvalue weighted by molar-refractivity contribution is 5.67. The predicted molar refractivity (Wildman–Crippen MR) is 145 cm³/mol. The Kier molecular flexibility index (Phi) is 20.6. The summed E-state index contributed by atoms with van der Waals surface area (Å²) in [5.41, 5.74) is -0.492. The van der Waals surface area contributed by atoms with E-state index in [2.05, 4.69) is 41.8 Å². The largest absolute Gasteiger partial charge is 0.444 e. The van der Waals surface area contributed by atoms with E-state index in [-0.39, 0.29) is 6.09 Å². The van der Waals surface area contributed by atoms with Gasteiger partial charge in [-0.3, -0.25) is 9.80 Å². The minimum Gasteiger partial charge on any atom is -0.444 e. The fraction of sp³-hybridized carbons (Fsp3) is 0.815. The zero-order valence-electron chi connectivity index (χ0n) is 23.2. The summed E-state index contributed by atoms with van der Waals surface area (Å²) in [6.07, 6.45) is 4.53. The number of alkyl carbamates (subject to hydrolysis) is 1. The quantitative estimate of drug-likeness (QED) is 0.184. The molecule has 0 aliphatic rings. The summed E-state index contributed by atoms with van der Waals surface area (Å²) in [5.74, 6) is 0. The normalized spacial score (nSPS) is 11.1. The highest BCUT2D eigenvalue weighted by atomic mass is 16.6. The summed E-state index contributed by atoms with van der Waals surface area (Å²) in [6.45, 7) is 28.1. The van der Waals surface area contributed by atoms with Gasteiger partial charge in [-0.05, 0) is 40.2 Å². The van der Waals surface area contributed by atoms with Crippen LogP contribution in [-0.2, 0) is 4.74 Å². The molecule has 1 N–H and O–H groups in total. The van der Waals surface area contributed by atoms with Gasteiger partial charge in [-0.1, -0.05) is 12.8 Å². The van der Waals surface area contributed by atoms with Crippen LogP contribution in [0.1, 0.15) is 59.3 Å². The number of hydrogen-bond acceptors (Lipinski definition) is 7. The van der Waals surface area contributed by atoms with E-state index in [1.807, 2.05) is 20.8 Å². The van der Waals surface area contributed by atoms with E-state index in [9.17, 15) is 4.79 Å². The van der Waals surface area contributed by atoms with Crippen LogP contribution in [-0.4, -0.2) is 105 Å². The van der Waals surface area contributed by atoms with E-state index in [0.29, 0.717) is 58.7 Å². The first-order valence-electron chi connectivity index (χ1n) is 13.3. The SMILES string of the molecule is [C-]#[N+]CCN(CCC#N)CCN(CCCCCCNC(=O)OC(C)(C)C)CCN(CCC#N)CC[N+]#[C-]. The third-order valence-electron chi connectivity index (χ3n) is 5.67. The molecule has 206 valence electrons. The summed E-state index contributed by atoms with van der Waals surface area (Å²) in [5, 5.41) is 20.7. The van der Waals surface area contributed by atoms with Gasteiger partial charge >= 0.3 is 6.09 Å². The monoisotopic (exact) mass is 514 g/mol. The van der Waals surface area contributed by atoms with Gasteiger partial charge in [0.05, 0.1) is 25.2 Å². The van der Waals surface area contributed by atoms with Crippen molar-refractivity contribution in [1.82, 2.24) is 20.0 Å². The maximum absolute atomic E-state index is 11.7. The van der Waals surface area contributed by atoms with Crippen LogP contribution in [0.25, 0.3) is 9.69 Å². The van der Waals surface area contributed by atoms with Gasteiger partial charge in [-0.25, -0.2) is 17.9 Å². The lowest BCUT2D eigenvalue weighted by molar-refractivity contribution is 0.0527. The van der Waals surface area contributed by atoms with Gasteiger partial charge < -0.3 is 24.6 Å². The molecule has 0 atom stereocenters. The first-order chi connectivity index (χ1) is 17.8. The summed E-state index contributed by atoms with van der Waals surface area (Å²) in [6, 6.07) is 4.39. The molecule has 0 unspecified atom stereocenters. The molecular formula is C27H46N8O2. The van der Waals surface area contributed by atoms with Crippen molar-refractivity contribution in [3.8, 4) is 12.1 Å². The number of unbranched alkanes of at least 4 members (excludes halogenated alkanes) is 3. The molecule has 1 amide bonds. The Labute approximate surface area is 224 Å². The second kappa shape index (κ2) is 22.3. The van der Waals surface area contributed by atoms with E-state index >= 15 is 0 Å². The zero-order chi connectivity index (χ0) is 27.8. The van der Waals surface area contributed by atoms with E-state index < -0.39 is 5.60 Å². The second-order valence-corrected chi connectivity index (χ2v) is 9.95. The Morgan fingerprint density at radius 2 is 1.22 bits per heavy atom. The molecule has 10 heteroatoms. The van der Waals surface area contributed by atoms with E-state index in [0.717, 1.165) is 58.4 Å². The number of ether oxygens (including phenoxy) is 1. The van der Waals surface area contributed by atoms with Crippen LogP contribution in [0.15, 0.2) is 0 Å². The van der Waals surface area contributed by atoms with Crippen molar-refractivity contribution in [3.05, 3.63) is 22.8 Å². The molecule has 0 aliphatic carbocycles. The van der Waals surface area contributed by atoms with Crippen LogP contribution in [0.3, 0.4) is 0 Å². The van der Waals surface area contributed by atoms with E-state index in [1.54, 1.807) is 0 Å². The molecule has 0 bridgehead atoms. The van der Waals surface area contributed by atoms with Crippen molar-refractivity contribution in [1.29, 1.82) is 10.5 Å². The number of hydrogen-bond donors (Lipinski definition) is 1. The lowest BCUT2D eigenvalue weighted by Gasteiger charge is -2.29. The van der Waals surface area contributed by atoms with Gasteiger partial charge in [-0.2, -0.15) is 10.5 Å². The maximum Gasteiger partial charge on any atom is 0.407 e. The molecule has 0 spiro atoms. The molecule has 0 radical (unpaired) electrons. The number of rotatable bonds is 21. The summed E-state index contributed by atoms with van der Waals surface area (Å²) in [7, 11) is 0. The van der Waals surface area contributed by atoms with E-state index in [1.165, 1.54) is 0 Å². The molecule has 0 fully saturated rings. The van der Waals surface area contributed by atoms with Gasteiger partial charge in [0.1, 0.15) is 5.60 Å². The Morgan fingerprint density at radius 3 is 1.65 bits per heavy atom. The van der Waals surface area contributed by atoms with Crippen LogP contribution >= 0.6 is 0 Å². The standard InChI is InChI=1S/C27H46N8O2/c1-27(2,3)37-26(36)32-14-8-6-7-9-17-35(24-22-33(18-10-12-28)20-15-30-4)25-23-34(19-11-13-29)21-16-31-5/h6-11,14-25H2,1-3H3,(H,32,36). The highest BCUT2D eigenvalue weighted by Crippen LogP contribution is 2.07. The van der Waals surface area contributed by atoms with Crippen LogP contribution < -0.4 is 5.32 Å². The molecule has 0 saturated heterocycles. The first-order valence-corrected chi connectivity index (χ1v) is 13.3. The smallest absolute Gasteiger partial charge is 0.407 e. The predicted octanol–water partition coefficient (Wildman–Crippen LogP) is 3.64. The minimum atomic E-state index is -0.492. The fourth-order valence-corrected chi connectivity index (χ4v) is 3.69. The molecule has 0 heterocycles. The van der Waals surface area contributed by atoms with Crippen molar-refractivity contribution in [2.75, 3.05) is 78.5 Å². The average molecular weight is 515 g/mol. The molecule has 0 aromatic heterocycles. The number of nitriles is 2. The molecule has 0 aromatic rings. The zero-order valence-corrected chi connectivity index (χ0v) is 23.2. The van der Waals surface area contributed by atoms with Gasteiger partial charge in [0, 0.05) is 58.7 Å². The van der Waals surface area contributed by atoms with E-state index in [4.69, 9.17) is 28.4 Å². The third kappa shape index (κ3) is 22.1. The molecule has 0 saturated carbocycles. The number of nitrogens with zero attached hydrogens (tertiary/aromatic N) is 7. The maximum atomic E-state index is 11.7. The lowest BCUT2D eigenvalue weighted by atomic mass is 10.2. The Bertz CT molecular complexity index is 690. The molecule has 0 aromatic carbocycles. The molecule has 0 aliphatic heterocycles. The van der Waals surface area contributed by atoms with Crippen molar-refractivity contribution in [2.24, 2.45) is 0 Å². The van der Waals surface area contributed by atoms with Crippen molar-refractivity contribution >= 4 is 6.09 Å². The van der Waals surface area contributed by atoms with Gasteiger partial charge in [0.2, 0.25) is 13.1 Å². The Hall–Kier alpha value is -2.89. The van der Waals surface area contributed by atoms with Gasteiger partial charge in [-0.15, -0.1) is 0 Å².